The molecule has 0 amide bonds. The van der Waals surface area contributed by atoms with Crippen molar-refractivity contribution >= 4 is 17.4 Å². The molecule has 2 aliphatic rings. The number of nitro groups is 1. The summed E-state index contributed by atoms with van der Waals surface area (Å²) in [7, 11) is 1.52. The lowest BCUT2D eigenvalue weighted by Gasteiger charge is -2.32. The Labute approximate surface area is 306 Å². The van der Waals surface area contributed by atoms with Gasteiger partial charge >= 0.3 is 12.1 Å². The molecule has 2 fully saturated rings. The number of benzene rings is 3. The molecule has 0 saturated carbocycles. The van der Waals surface area contributed by atoms with Gasteiger partial charge in [-0.25, -0.2) is 13.8 Å². The normalized spacial score (nSPS) is 18.3. The zero-order valence-corrected chi connectivity index (χ0v) is 29.8. The summed E-state index contributed by atoms with van der Waals surface area (Å²) < 4.78 is 69.5. The van der Waals surface area contributed by atoms with Gasteiger partial charge in [0, 0.05) is 35.9 Å². The van der Waals surface area contributed by atoms with Gasteiger partial charge in [-0.1, -0.05) is 36.4 Å². The summed E-state index contributed by atoms with van der Waals surface area (Å²) in [5.41, 5.74) is -0.456. The monoisotopic (exact) mass is 747 g/mol. The lowest BCUT2D eigenvalue weighted by molar-refractivity contribution is -0.386. The van der Waals surface area contributed by atoms with Gasteiger partial charge in [0.15, 0.2) is 0 Å². The summed E-state index contributed by atoms with van der Waals surface area (Å²) in [6, 6.07) is 16.0. The first-order valence-electron chi connectivity index (χ1n) is 17.5. The second-order valence-corrected chi connectivity index (χ2v) is 14.0. The molecule has 0 aliphatic carbocycles. The summed E-state index contributed by atoms with van der Waals surface area (Å²) in [6.45, 7) is 4.59. The second-order valence-electron chi connectivity index (χ2n) is 14.0. The summed E-state index contributed by atoms with van der Waals surface area (Å²) >= 11 is 0. The maximum absolute atomic E-state index is 15.2. The number of carbonyl (C=O) groups is 1. The number of methoxy groups -OCH3 is 1. The lowest BCUT2D eigenvalue weighted by atomic mass is 9.83. The molecule has 54 heavy (non-hydrogen) atoms. The highest BCUT2D eigenvalue weighted by Gasteiger charge is 2.46. The Hall–Kier alpha value is -5.57. The van der Waals surface area contributed by atoms with E-state index in [9.17, 15) is 32.9 Å². The van der Waals surface area contributed by atoms with Crippen molar-refractivity contribution in [1.82, 2.24) is 18.9 Å². The van der Waals surface area contributed by atoms with Crippen molar-refractivity contribution in [3.05, 3.63) is 127 Å². The molecular weight excluding hydrogens is 710 g/mol. The number of esters is 1. The summed E-state index contributed by atoms with van der Waals surface area (Å²) in [5, 5.41) is 11.9. The SMILES string of the molecule is COc1cccc(-c2c(C)n(Cc3ccccc3F)c3nc(C4(C)CCOC4=O)c(CN4CCC(c5ccc(C(F)(F)F)cc5[N+](=O)[O-])CC4)n3c2=O)c1. The number of ether oxygens (including phenoxy) is 2. The number of imidazole rings is 1. The van der Waals surface area contributed by atoms with Crippen LogP contribution in [0.4, 0.5) is 23.2 Å². The molecule has 5 aromatic rings. The van der Waals surface area contributed by atoms with E-state index in [-0.39, 0.29) is 37.0 Å². The predicted molar refractivity (Wildman–Crippen MR) is 190 cm³/mol. The van der Waals surface area contributed by atoms with E-state index in [1.165, 1.54) is 23.6 Å². The molecule has 15 heteroatoms. The fourth-order valence-electron chi connectivity index (χ4n) is 7.73. The van der Waals surface area contributed by atoms with Crippen LogP contribution in [0.25, 0.3) is 16.9 Å². The van der Waals surface area contributed by atoms with Crippen LogP contribution >= 0.6 is 0 Å². The number of hydrogen-bond acceptors (Lipinski definition) is 8. The van der Waals surface area contributed by atoms with Gasteiger partial charge in [-0.2, -0.15) is 13.2 Å². The van der Waals surface area contributed by atoms with E-state index in [2.05, 4.69) is 0 Å². The summed E-state index contributed by atoms with van der Waals surface area (Å²) in [4.78, 5) is 46.3. The van der Waals surface area contributed by atoms with Crippen LogP contribution in [0.1, 0.15) is 65.9 Å². The fraction of sp³-hybridized carbons (Fsp3) is 0.359. The summed E-state index contributed by atoms with van der Waals surface area (Å²) in [5.74, 6) is -0.567. The van der Waals surface area contributed by atoms with Crippen LogP contribution in [-0.2, 0) is 34.2 Å². The van der Waals surface area contributed by atoms with Gasteiger partial charge in [-0.15, -0.1) is 0 Å². The molecule has 7 rings (SSSR count). The van der Waals surface area contributed by atoms with Crippen LogP contribution in [0.3, 0.4) is 0 Å². The minimum Gasteiger partial charge on any atom is -0.497 e. The van der Waals surface area contributed by atoms with Crippen molar-refractivity contribution in [2.75, 3.05) is 26.8 Å². The third kappa shape index (κ3) is 6.50. The average molecular weight is 748 g/mol. The van der Waals surface area contributed by atoms with Gasteiger partial charge in [0.25, 0.3) is 11.2 Å². The van der Waals surface area contributed by atoms with Crippen molar-refractivity contribution in [3.63, 3.8) is 0 Å². The Balaban J connectivity index is 1.35. The van der Waals surface area contributed by atoms with Crippen LogP contribution in [0.2, 0.25) is 0 Å². The number of likely N-dealkylation sites (tertiary alicyclic amines) is 1. The zero-order valence-electron chi connectivity index (χ0n) is 29.8. The first-order chi connectivity index (χ1) is 25.7. The molecule has 0 N–H and O–H groups in total. The van der Waals surface area contributed by atoms with Gasteiger partial charge in [0.05, 0.1) is 47.7 Å². The number of rotatable bonds is 9. The molecule has 2 aliphatic heterocycles. The highest BCUT2D eigenvalue weighted by molar-refractivity contribution is 5.84. The number of aromatic nitrogens is 3. The molecule has 4 heterocycles. The molecule has 2 saturated heterocycles. The molecule has 282 valence electrons. The van der Waals surface area contributed by atoms with E-state index in [0.29, 0.717) is 77.9 Å². The number of carbonyl (C=O) groups excluding carboxylic acids is 1. The van der Waals surface area contributed by atoms with Gasteiger partial charge in [-0.3, -0.25) is 24.6 Å². The van der Waals surface area contributed by atoms with Crippen molar-refractivity contribution in [2.45, 2.75) is 63.7 Å². The largest absolute Gasteiger partial charge is 0.497 e. The predicted octanol–water partition coefficient (Wildman–Crippen LogP) is 7.18. The quantitative estimate of drug-likeness (QED) is 0.0674. The molecule has 11 nitrogen and oxygen atoms in total. The van der Waals surface area contributed by atoms with E-state index in [1.807, 2.05) is 4.90 Å². The smallest absolute Gasteiger partial charge is 0.416 e. The van der Waals surface area contributed by atoms with Crippen LogP contribution in [0.15, 0.2) is 71.5 Å². The Morgan fingerprint density at radius 3 is 2.43 bits per heavy atom. The number of nitrogens with zero attached hydrogens (tertiary/aromatic N) is 5. The second kappa shape index (κ2) is 14.0. The van der Waals surface area contributed by atoms with E-state index in [0.717, 1.165) is 6.07 Å². The fourth-order valence-corrected chi connectivity index (χ4v) is 7.73. The lowest BCUT2D eigenvalue weighted by Crippen LogP contribution is -2.36. The molecule has 0 spiro atoms. The standard InChI is InChI=1S/C39H37F4N5O6/c1-23-33(25-8-6-9-28(19-25)53-3)35(49)47-32(22-45-16-13-24(14-17-45)29-12-11-27(39(41,42)43)20-31(29)48(51)52)34(38(2)15-18-54-36(38)50)44-37(47)46(23)21-26-7-4-5-10-30(26)40/h4-12,19-20,24H,13-18,21-22H2,1-3H3. The van der Waals surface area contributed by atoms with Crippen molar-refractivity contribution < 1.29 is 36.8 Å². The zero-order chi connectivity index (χ0) is 38.5. The third-order valence-electron chi connectivity index (χ3n) is 10.8. The Morgan fingerprint density at radius 2 is 1.78 bits per heavy atom. The highest BCUT2D eigenvalue weighted by atomic mass is 19.4. The molecule has 0 bridgehead atoms. The van der Waals surface area contributed by atoms with Crippen LogP contribution in [0, 0.1) is 22.9 Å². The van der Waals surface area contributed by atoms with Crippen molar-refractivity contribution in [2.24, 2.45) is 0 Å². The van der Waals surface area contributed by atoms with Crippen molar-refractivity contribution in [1.29, 1.82) is 0 Å². The molecule has 0 radical (unpaired) electrons. The van der Waals surface area contributed by atoms with Gasteiger partial charge in [-0.05, 0) is 75.5 Å². The Morgan fingerprint density at radius 1 is 1.04 bits per heavy atom. The van der Waals surface area contributed by atoms with E-state index in [1.54, 1.807) is 60.9 Å². The molecule has 1 atom stereocenters. The highest BCUT2D eigenvalue weighted by Crippen LogP contribution is 2.41. The average Bonchev–Trinajstić information content (AvgIpc) is 3.70. The number of nitro benzene ring substituents is 1. The summed E-state index contributed by atoms with van der Waals surface area (Å²) in [6.07, 6.45) is -3.63. The van der Waals surface area contributed by atoms with E-state index >= 15 is 4.39 Å². The van der Waals surface area contributed by atoms with E-state index < -0.39 is 45.1 Å². The maximum atomic E-state index is 15.2. The molecule has 2 aromatic heterocycles. The minimum atomic E-state index is -4.72. The Kier molecular flexibility index (Phi) is 9.54. The van der Waals surface area contributed by atoms with Crippen LogP contribution in [0.5, 0.6) is 5.75 Å². The van der Waals surface area contributed by atoms with E-state index in [4.69, 9.17) is 14.5 Å². The third-order valence-corrected chi connectivity index (χ3v) is 10.8. The van der Waals surface area contributed by atoms with Gasteiger partial charge in [0.2, 0.25) is 5.78 Å². The topological polar surface area (TPSA) is 121 Å². The molecular formula is C39H37F4N5O6. The van der Waals surface area contributed by atoms with Gasteiger partial charge < -0.3 is 14.0 Å². The van der Waals surface area contributed by atoms with Crippen molar-refractivity contribution in [3.8, 4) is 16.9 Å². The van der Waals surface area contributed by atoms with Crippen LogP contribution in [-0.4, -0.2) is 56.6 Å². The van der Waals surface area contributed by atoms with Crippen LogP contribution < -0.4 is 10.3 Å². The number of fused-ring (bicyclic) bond motifs is 1. The first kappa shape index (κ1) is 36.8. The van der Waals surface area contributed by atoms with Gasteiger partial charge in [0.1, 0.15) is 17.0 Å². The number of alkyl halides is 3. The maximum Gasteiger partial charge on any atom is 0.416 e. The minimum absolute atomic E-state index is 0.0214. The number of piperidine rings is 1. The number of hydrogen-bond donors (Lipinski definition) is 0. The number of cyclic esters (lactones) is 1. The Bertz CT molecular complexity index is 2350. The molecule has 3 aromatic carbocycles. The first-order valence-corrected chi connectivity index (χ1v) is 17.5. The molecule has 1 unspecified atom stereocenters. The number of halogens is 4.